The van der Waals surface area contributed by atoms with Crippen LogP contribution in [0.25, 0.3) is 0 Å². The van der Waals surface area contributed by atoms with E-state index in [1.165, 1.54) is 5.56 Å². The lowest BCUT2D eigenvalue weighted by Crippen LogP contribution is -2.60. The van der Waals surface area contributed by atoms with Gasteiger partial charge in [0, 0.05) is 57.5 Å². The Balaban J connectivity index is 1.38. The molecule has 2 aromatic rings. The van der Waals surface area contributed by atoms with Gasteiger partial charge in [-0.1, -0.05) is 31.0 Å². The third-order valence-corrected chi connectivity index (χ3v) is 14.2. The number of nitrogens with zero attached hydrogens (tertiary/aromatic N) is 3. The highest BCUT2D eigenvalue weighted by Crippen LogP contribution is 2.48. The lowest BCUT2D eigenvalue weighted by molar-refractivity contribution is -0.146. The normalized spacial score (nSPS) is 29.8. The number of carbonyl (C=O) groups excluding carboxylic acids is 2. The van der Waals surface area contributed by atoms with Crippen LogP contribution in [0, 0.1) is 17.8 Å². The highest BCUT2D eigenvalue weighted by Gasteiger charge is 2.49. The maximum atomic E-state index is 13.6. The molecule has 0 radical (unpaired) electrons. The van der Waals surface area contributed by atoms with Crippen LogP contribution in [0.2, 0.25) is 5.02 Å². The standard InChI is InChI=1S/C38H53ClN4O6S/c1-26-8-7-16-38(48-4,25-42-19-18-41(3)36(44)23-42)33-14-11-30(33)22-43-17-6-5-9-28-20-32(39)13-10-31(28)24-49-35-15-12-29(21-34(35)43)37(45)40-50(46,47)27(26)2/h10,12-13,15,20-21,26-27,30,33H,5-9,11,14,16-19,22-25H2,1-4H3,(H,40,45)/t26?,27-,30+,33-,38-/m1/s1. The first-order chi connectivity index (χ1) is 23.9. The van der Waals surface area contributed by atoms with Crippen molar-refractivity contribution in [2.75, 3.05) is 58.3 Å². The number of hydrogen-bond acceptors (Lipinski definition) is 8. The number of hydrogen-bond donors (Lipinski definition) is 1. The first-order valence-electron chi connectivity index (χ1n) is 18.3. The predicted molar refractivity (Wildman–Crippen MR) is 196 cm³/mol. The summed E-state index contributed by atoms with van der Waals surface area (Å²) in [6, 6.07) is 11.2. The number of nitrogens with one attached hydrogen (secondary N) is 1. The molecule has 5 atom stereocenters. The largest absolute Gasteiger partial charge is 0.487 e. The lowest BCUT2D eigenvalue weighted by atomic mass is 9.62. The predicted octanol–water partition coefficient (Wildman–Crippen LogP) is 5.52. The molecule has 274 valence electrons. The maximum absolute atomic E-state index is 13.6. The molecule has 6 rings (SSSR count). The van der Waals surface area contributed by atoms with E-state index < -0.39 is 26.8 Å². The van der Waals surface area contributed by atoms with Crippen LogP contribution in [0.5, 0.6) is 5.75 Å². The second-order valence-electron chi connectivity index (χ2n) is 15.1. The fraction of sp³-hybridized carbons (Fsp3) is 0.632. The van der Waals surface area contributed by atoms with E-state index in [4.69, 9.17) is 21.1 Å². The van der Waals surface area contributed by atoms with Gasteiger partial charge in [-0.25, -0.2) is 13.1 Å². The van der Waals surface area contributed by atoms with Gasteiger partial charge in [0.05, 0.1) is 23.1 Å². The van der Waals surface area contributed by atoms with Crippen LogP contribution < -0.4 is 14.4 Å². The van der Waals surface area contributed by atoms with Crippen LogP contribution in [-0.2, 0) is 32.6 Å². The quantitative estimate of drug-likeness (QED) is 0.441. The second-order valence-corrected chi connectivity index (χ2v) is 17.6. The Bertz CT molecular complexity index is 1670. The number of fused-ring (bicyclic) bond motifs is 3. The smallest absolute Gasteiger partial charge is 0.264 e. The fourth-order valence-corrected chi connectivity index (χ4v) is 9.91. The molecule has 4 aliphatic rings. The van der Waals surface area contributed by atoms with Crippen LogP contribution in [0.1, 0.15) is 80.3 Å². The van der Waals surface area contributed by atoms with Crippen LogP contribution in [0.4, 0.5) is 5.69 Å². The molecule has 2 fully saturated rings. The molecule has 3 heterocycles. The van der Waals surface area contributed by atoms with E-state index in [0.717, 1.165) is 75.8 Å². The van der Waals surface area contributed by atoms with E-state index in [9.17, 15) is 18.0 Å². The zero-order chi connectivity index (χ0) is 35.6. The van der Waals surface area contributed by atoms with Crippen molar-refractivity contribution in [3.05, 3.63) is 58.1 Å². The number of likely N-dealkylation sites (N-methyl/N-ethyl adjacent to an activating group) is 1. The van der Waals surface area contributed by atoms with Gasteiger partial charge >= 0.3 is 0 Å². The van der Waals surface area contributed by atoms with Gasteiger partial charge in [-0.3, -0.25) is 14.5 Å². The Hall–Kier alpha value is -2.86. The van der Waals surface area contributed by atoms with Crippen LogP contribution in [-0.4, -0.2) is 94.3 Å². The molecule has 12 heteroatoms. The molecule has 0 aromatic heterocycles. The number of methoxy groups -OCH3 is 1. The van der Waals surface area contributed by atoms with Crippen molar-refractivity contribution in [3.8, 4) is 5.75 Å². The molecule has 0 spiro atoms. The number of rotatable bonds is 3. The third-order valence-electron chi connectivity index (χ3n) is 12.0. The van der Waals surface area contributed by atoms with Crippen molar-refractivity contribution in [3.63, 3.8) is 0 Å². The summed E-state index contributed by atoms with van der Waals surface area (Å²) in [6.45, 7) is 8.00. The minimum Gasteiger partial charge on any atom is -0.487 e. The number of halogens is 1. The summed E-state index contributed by atoms with van der Waals surface area (Å²) in [5.41, 5.74) is 2.84. The van der Waals surface area contributed by atoms with Gasteiger partial charge in [0.25, 0.3) is 5.91 Å². The Morgan fingerprint density at radius 3 is 2.56 bits per heavy atom. The number of carbonyl (C=O) groups is 2. The summed E-state index contributed by atoms with van der Waals surface area (Å²) in [4.78, 5) is 32.7. The molecule has 10 nitrogen and oxygen atoms in total. The van der Waals surface area contributed by atoms with Crippen molar-refractivity contribution in [2.24, 2.45) is 17.8 Å². The van der Waals surface area contributed by atoms with Crippen molar-refractivity contribution in [2.45, 2.75) is 82.7 Å². The molecule has 1 unspecified atom stereocenters. The highest BCUT2D eigenvalue weighted by molar-refractivity contribution is 7.90. The Morgan fingerprint density at radius 1 is 1.00 bits per heavy atom. The summed E-state index contributed by atoms with van der Waals surface area (Å²) in [6.07, 6.45) is 7.06. The van der Waals surface area contributed by atoms with Crippen molar-refractivity contribution >= 4 is 39.1 Å². The molecule has 2 bridgehead atoms. The number of amides is 2. The fourth-order valence-electron chi connectivity index (χ4n) is 8.41. The molecular formula is C38H53ClN4O6S. The van der Waals surface area contributed by atoms with E-state index in [1.807, 2.05) is 39.3 Å². The van der Waals surface area contributed by atoms with E-state index >= 15 is 0 Å². The molecule has 1 saturated heterocycles. The van der Waals surface area contributed by atoms with Crippen LogP contribution in [0.15, 0.2) is 36.4 Å². The average Bonchev–Trinajstić information content (AvgIpc) is 3.10. The number of aryl methyl sites for hydroxylation is 1. The molecule has 2 amide bonds. The monoisotopic (exact) mass is 728 g/mol. The van der Waals surface area contributed by atoms with Gasteiger partial charge in [0.2, 0.25) is 15.9 Å². The van der Waals surface area contributed by atoms with Crippen LogP contribution in [0.3, 0.4) is 0 Å². The topological polar surface area (TPSA) is 108 Å². The highest BCUT2D eigenvalue weighted by atomic mass is 35.5. The van der Waals surface area contributed by atoms with Gasteiger partial charge < -0.3 is 19.3 Å². The van der Waals surface area contributed by atoms with E-state index in [2.05, 4.69) is 14.5 Å². The Morgan fingerprint density at radius 2 is 1.82 bits per heavy atom. The maximum Gasteiger partial charge on any atom is 0.264 e. The summed E-state index contributed by atoms with van der Waals surface area (Å²) in [5, 5.41) is -0.0609. The summed E-state index contributed by atoms with van der Waals surface area (Å²) in [7, 11) is -0.283. The average molecular weight is 729 g/mol. The summed E-state index contributed by atoms with van der Waals surface area (Å²) in [5.74, 6) is 0.548. The number of anilines is 1. The van der Waals surface area contributed by atoms with Gasteiger partial charge in [0.1, 0.15) is 12.4 Å². The van der Waals surface area contributed by atoms with E-state index in [-0.39, 0.29) is 23.3 Å². The second kappa shape index (κ2) is 15.4. The molecule has 1 N–H and O–H groups in total. The minimum absolute atomic E-state index is 0.121. The number of piperazine rings is 1. The summed E-state index contributed by atoms with van der Waals surface area (Å²) < 4.78 is 42.6. The van der Waals surface area contributed by atoms with Crippen molar-refractivity contribution in [1.82, 2.24) is 14.5 Å². The van der Waals surface area contributed by atoms with Gasteiger partial charge in [0.15, 0.2) is 0 Å². The first-order valence-corrected chi connectivity index (χ1v) is 20.2. The number of sulfonamides is 1. The number of benzene rings is 2. The molecule has 3 aliphatic heterocycles. The molecule has 1 aliphatic carbocycles. The number of ether oxygens (including phenoxy) is 2. The molecular weight excluding hydrogens is 676 g/mol. The van der Waals surface area contributed by atoms with E-state index in [0.29, 0.717) is 49.4 Å². The lowest BCUT2D eigenvalue weighted by Gasteiger charge is -2.53. The minimum atomic E-state index is -3.95. The van der Waals surface area contributed by atoms with Crippen molar-refractivity contribution < 1.29 is 27.5 Å². The van der Waals surface area contributed by atoms with Gasteiger partial charge in [-0.15, -0.1) is 0 Å². The molecule has 1 saturated carbocycles. The zero-order valence-electron chi connectivity index (χ0n) is 30.0. The summed E-state index contributed by atoms with van der Waals surface area (Å²) >= 11 is 6.38. The Kier molecular flexibility index (Phi) is 11.4. The van der Waals surface area contributed by atoms with Gasteiger partial charge in [-0.05, 0) is 111 Å². The first kappa shape index (κ1) is 36.9. The molecule has 50 heavy (non-hydrogen) atoms. The third kappa shape index (κ3) is 7.96. The zero-order valence-corrected chi connectivity index (χ0v) is 31.5. The van der Waals surface area contributed by atoms with Crippen LogP contribution >= 0.6 is 11.6 Å². The Labute approximate surface area is 302 Å². The van der Waals surface area contributed by atoms with E-state index in [1.54, 1.807) is 30.0 Å². The SMILES string of the molecule is CO[C@@]1(CN2CCN(C)C(=O)C2)CCCC(C)[C@@H](C)S(=O)(=O)NC(=O)c2ccc3c(c2)N(CCCCc2cc(Cl)ccc2CO3)C[C@@H]2CC[C@H]21. The van der Waals surface area contributed by atoms with Crippen molar-refractivity contribution in [1.29, 1.82) is 0 Å². The van der Waals surface area contributed by atoms with Gasteiger partial charge in [-0.2, -0.15) is 0 Å². The molecule has 2 aromatic carbocycles.